The molecule has 8 rings (SSSR count). The van der Waals surface area contributed by atoms with Crippen LogP contribution in [0.3, 0.4) is 0 Å². The Morgan fingerprint density at radius 1 is 0.906 bits per heavy atom. The Kier molecular flexibility index (Phi) is 8.40. The Labute approximate surface area is 308 Å². The van der Waals surface area contributed by atoms with Crippen LogP contribution in [0.5, 0.6) is 11.5 Å². The Balaban J connectivity index is 1.33. The first-order valence-electron chi connectivity index (χ1n) is 17.0. The summed E-state index contributed by atoms with van der Waals surface area (Å²) >= 11 is 6.35. The van der Waals surface area contributed by atoms with Crippen molar-refractivity contribution in [3.8, 4) is 11.5 Å². The summed E-state index contributed by atoms with van der Waals surface area (Å²) in [6.07, 6.45) is 2.05. The molecule has 4 amide bonds. The van der Waals surface area contributed by atoms with Gasteiger partial charge in [-0.1, -0.05) is 53.6 Å². The molecular weight excluding hydrogens is 704 g/mol. The van der Waals surface area contributed by atoms with Crippen molar-refractivity contribution in [3.63, 3.8) is 0 Å². The molecule has 14 heteroatoms. The van der Waals surface area contributed by atoms with Crippen molar-refractivity contribution in [1.29, 1.82) is 0 Å². The number of nitrogens with one attached hydrogen (secondary N) is 1. The number of aromatic hydroxyl groups is 1. The number of methoxy groups -OCH3 is 1. The van der Waals surface area contributed by atoms with E-state index < -0.39 is 71.6 Å². The molecule has 3 fully saturated rings. The normalized spacial score (nSPS) is 26.2. The number of rotatable bonds is 7. The Morgan fingerprint density at radius 3 is 2.34 bits per heavy atom. The minimum absolute atomic E-state index is 0.0148. The van der Waals surface area contributed by atoms with Crippen LogP contribution in [-0.2, 0) is 24.6 Å². The van der Waals surface area contributed by atoms with Crippen LogP contribution in [0.2, 0.25) is 5.02 Å². The minimum Gasteiger partial charge on any atom is -0.508 e. The summed E-state index contributed by atoms with van der Waals surface area (Å²) in [6.45, 7) is 0. The van der Waals surface area contributed by atoms with Gasteiger partial charge < -0.3 is 19.9 Å². The second kappa shape index (κ2) is 12.9. The van der Waals surface area contributed by atoms with E-state index in [2.05, 4.69) is 5.43 Å². The number of carbonyl (C=O) groups is 4. The zero-order valence-corrected chi connectivity index (χ0v) is 28.9. The average molecular weight is 736 g/mol. The van der Waals surface area contributed by atoms with E-state index >= 15 is 4.79 Å². The lowest BCUT2D eigenvalue weighted by Crippen LogP contribution is -2.53. The van der Waals surface area contributed by atoms with Crippen LogP contribution >= 0.6 is 11.6 Å². The molecule has 4 aromatic rings. The number of allylic oxidation sites excluding steroid dienone is 2. The van der Waals surface area contributed by atoms with E-state index in [0.717, 1.165) is 9.91 Å². The van der Waals surface area contributed by atoms with Crippen molar-refractivity contribution in [1.82, 2.24) is 5.01 Å². The van der Waals surface area contributed by atoms with Crippen molar-refractivity contribution in [2.24, 2.45) is 23.7 Å². The maximum absolute atomic E-state index is 15.3. The van der Waals surface area contributed by atoms with Crippen molar-refractivity contribution in [3.05, 3.63) is 125 Å². The van der Waals surface area contributed by atoms with Gasteiger partial charge >= 0.3 is 7.12 Å². The van der Waals surface area contributed by atoms with Crippen molar-refractivity contribution < 1.29 is 43.5 Å². The van der Waals surface area contributed by atoms with Gasteiger partial charge in [-0.3, -0.25) is 29.5 Å². The third-order valence-corrected chi connectivity index (χ3v) is 11.5. The molecule has 0 spiro atoms. The highest BCUT2D eigenvalue weighted by Crippen LogP contribution is 2.65. The van der Waals surface area contributed by atoms with E-state index in [1.54, 1.807) is 36.4 Å². The highest BCUT2D eigenvalue weighted by Gasteiger charge is 2.70. The number of phenolic OH excluding ortho intramolecular Hbond substituents is 1. The molecule has 0 unspecified atom stereocenters. The molecule has 4 aromatic carbocycles. The van der Waals surface area contributed by atoms with Crippen molar-refractivity contribution in [2.45, 2.75) is 24.2 Å². The fourth-order valence-electron chi connectivity index (χ4n) is 9.02. The number of amides is 4. The molecule has 53 heavy (non-hydrogen) atoms. The molecule has 11 nitrogen and oxygen atoms in total. The molecule has 0 bridgehead atoms. The number of carbonyl (C=O) groups excluding carboxylic acids is 4. The summed E-state index contributed by atoms with van der Waals surface area (Å²) in [5, 5.41) is 31.5. The standard InChI is InChI=1S/C39H32BClFN3O8/c1-53-32-18-26(46)13-14-28(32)34-27-15-16-29-33(37(49)44(35(29)47)25-4-2-3-21(17-25)40(51)52)30(27)19-31-36(48)45(43-24-11-9-23(42)10-12-24)38(50)39(31,34)20-5-7-22(41)8-6-20/h2-15,17-18,29-31,33-34,43,46,51-52H,16,19H2,1H3/t29-,30+,31-,33-,34+,39+/m0/s1. The minimum atomic E-state index is -1.82. The quantitative estimate of drug-likeness (QED) is 0.125. The molecule has 4 N–H and O–H groups in total. The molecule has 2 aliphatic heterocycles. The van der Waals surface area contributed by atoms with E-state index in [4.69, 9.17) is 16.3 Å². The van der Waals surface area contributed by atoms with Gasteiger partial charge in [0.2, 0.25) is 11.8 Å². The number of fused-ring (bicyclic) bond motifs is 4. The van der Waals surface area contributed by atoms with Crippen molar-refractivity contribution in [2.75, 3.05) is 17.4 Å². The summed E-state index contributed by atoms with van der Waals surface area (Å²) < 4.78 is 19.7. The lowest BCUT2D eigenvalue weighted by molar-refractivity contribution is -0.138. The molecule has 2 saturated heterocycles. The number of anilines is 2. The monoisotopic (exact) mass is 735 g/mol. The van der Waals surface area contributed by atoms with E-state index in [-0.39, 0.29) is 41.2 Å². The van der Waals surface area contributed by atoms with E-state index in [1.165, 1.54) is 61.7 Å². The lowest BCUT2D eigenvalue weighted by Gasteiger charge is -2.50. The molecule has 0 radical (unpaired) electrons. The van der Waals surface area contributed by atoms with E-state index in [9.17, 15) is 33.9 Å². The third kappa shape index (κ3) is 5.25. The smallest absolute Gasteiger partial charge is 0.488 e. The molecule has 0 aromatic heterocycles. The number of hydrogen-bond donors (Lipinski definition) is 4. The first-order valence-corrected chi connectivity index (χ1v) is 17.4. The van der Waals surface area contributed by atoms with Crippen molar-refractivity contribution >= 4 is 59.2 Å². The van der Waals surface area contributed by atoms with Crippen LogP contribution in [-0.4, -0.2) is 58.0 Å². The molecule has 4 aliphatic rings. The summed E-state index contributed by atoms with van der Waals surface area (Å²) in [6, 6.07) is 22.3. The van der Waals surface area contributed by atoms with E-state index in [0.29, 0.717) is 21.7 Å². The van der Waals surface area contributed by atoms with E-state index in [1.807, 2.05) is 6.08 Å². The topological polar surface area (TPSA) is 157 Å². The van der Waals surface area contributed by atoms with Crippen LogP contribution in [0, 0.1) is 29.5 Å². The molecule has 2 heterocycles. The average Bonchev–Trinajstić information content (AvgIpc) is 3.53. The number of hydrazine groups is 1. The summed E-state index contributed by atoms with van der Waals surface area (Å²) in [7, 11) is -0.398. The zero-order chi connectivity index (χ0) is 37.3. The van der Waals surface area contributed by atoms with Crippen LogP contribution in [0.1, 0.15) is 29.9 Å². The van der Waals surface area contributed by atoms with Crippen LogP contribution in [0.4, 0.5) is 15.8 Å². The number of hydrogen-bond acceptors (Lipinski definition) is 9. The Bertz CT molecular complexity index is 2220. The van der Waals surface area contributed by atoms with Gasteiger partial charge in [0.25, 0.3) is 11.8 Å². The molecular formula is C39H32BClFN3O8. The first-order chi connectivity index (χ1) is 25.4. The fourth-order valence-corrected chi connectivity index (χ4v) is 9.14. The number of phenols is 1. The summed E-state index contributed by atoms with van der Waals surface area (Å²) in [5.41, 5.74) is 3.46. The number of nitrogens with zero attached hydrogens (tertiary/aromatic N) is 2. The van der Waals surface area contributed by atoms with Gasteiger partial charge in [-0.05, 0) is 84.4 Å². The van der Waals surface area contributed by atoms with Crippen LogP contribution < -0.4 is 20.5 Å². The van der Waals surface area contributed by atoms with Gasteiger partial charge in [-0.2, -0.15) is 5.01 Å². The zero-order valence-electron chi connectivity index (χ0n) is 28.1. The Hall–Kier alpha value is -5.50. The van der Waals surface area contributed by atoms with Gasteiger partial charge in [0.1, 0.15) is 17.3 Å². The largest absolute Gasteiger partial charge is 0.508 e. The molecule has 6 atom stereocenters. The van der Waals surface area contributed by atoms with Crippen LogP contribution in [0.25, 0.3) is 0 Å². The predicted octanol–water partition coefficient (Wildman–Crippen LogP) is 4.06. The maximum Gasteiger partial charge on any atom is 0.488 e. The van der Waals surface area contributed by atoms with Crippen LogP contribution in [0.15, 0.2) is 103 Å². The molecule has 1 saturated carbocycles. The Morgan fingerprint density at radius 2 is 1.64 bits per heavy atom. The molecule has 2 aliphatic carbocycles. The molecule has 268 valence electrons. The summed E-state index contributed by atoms with van der Waals surface area (Å²) in [4.78, 5) is 59.7. The maximum atomic E-state index is 15.3. The van der Waals surface area contributed by atoms with Gasteiger partial charge in [0.05, 0.1) is 41.7 Å². The predicted molar refractivity (Wildman–Crippen MR) is 192 cm³/mol. The highest BCUT2D eigenvalue weighted by atomic mass is 35.5. The first kappa shape index (κ1) is 34.6. The van der Waals surface area contributed by atoms with Gasteiger partial charge in [-0.15, -0.1) is 0 Å². The highest BCUT2D eigenvalue weighted by molar-refractivity contribution is 6.58. The fraction of sp³-hybridized carbons (Fsp3) is 0.231. The number of benzene rings is 4. The van der Waals surface area contributed by atoms with Gasteiger partial charge in [0, 0.05) is 22.6 Å². The summed E-state index contributed by atoms with van der Waals surface area (Å²) in [5.74, 6) is -6.93. The third-order valence-electron chi connectivity index (χ3n) is 11.2. The van der Waals surface area contributed by atoms with Gasteiger partial charge in [-0.25, -0.2) is 4.39 Å². The lowest BCUT2D eigenvalue weighted by atomic mass is 9.49. The SMILES string of the molecule is COc1cc(O)ccc1[C@H]1C2=CC[C@@H]3C(=O)N(c4cccc(B(O)O)c4)C(=O)[C@@H]3[C@@H]2C[C@H]2C(=O)N(Nc3ccc(F)cc3)C(=O)[C@@]12c1ccc(Cl)cc1. The van der Waals surface area contributed by atoms with Gasteiger partial charge in [0.15, 0.2) is 0 Å². The number of ether oxygens (including phenoxy) is 1. The number of halogens is 2. The number of imide groups is 2. The second-order valence-corrected chi connectivity index (χ2v) is 14.2. The second-order valence-electron chi connectivity index (χ2n) is 13.8.